The van der Waals surface area contributed by atoms with Crippen molar-refractivity contribution in [3.8, 4) is 5.75 Å². The van der Waals surface area contributed by atoms with Crippen molar-refractivity contribution in [1.29, 1.82) is 0 Å². The molecule has 0 aliphatic carbocycles. The molecule has 0 saturated heterocycles. The van der Waals surface area contributed by atoms with Crippen molar-refractivity contribution in [2.75, 3.05) is 38.7 Å². The number of rotatable bonds is 36. The van der Waals surface area contributed by atoms with Crippen LogP contribution in [0.3, 0.4) is 0 Å². The summed E-state index contributed by atoms with van der Waals surface area (Å²) in [7, 11) is 17.6. The summed E-state index contributed by atoms with van der Waals surface area (Å²) in [6.45, 7) is 10.8. The number of aryl methyl sites for hydroxylation is 8. The van der Waals surface area contributed by atoms with E-state index in [0.717, 1.165) is 48.1 Å². The van der Waals surface area contributed by atoms with Gasteiger partial charge in [0.15, 0.2) is 34.8 Å². The number of aromatic nitrogens is 10. The Balaban J connectivity index is 0.000000246. The van der Waals surface area contributed by atoms with Crippen LogP contribution in [0.1, 0.15) is 224 Å². The summed E-state index contributed by atoms with van der Waals surface area (Å²) in [4.78, 5) is 164. The highest BCUT2D eigenvalue weighted by atomic mass is 16.6. The number of aliphatic hydroxyl groups is 1. The number of esters is 1. The smallest absolute Gasteiger partial charge is 0.310 e. The first-order valence-corrected chi connectivity index (χ1v) is 39.8. The number of anilines is 1. The summed E-state index contributed by atoms with van der Waals surface area (Å²) in [5.41, 5.74) is 10.5. The second kappa shape index (κ2) is 37.2. The Morgan fingerprint density at radius 1 is 0.492 bits per heavy atom. The van der Waals surface area contributed by atoms with E-state index in [-0.39, 0.29) is 153 Å². The summed E-state index contributed by atoms with van der Waals surface area (Å²) in [5, 5.41) is 10.2. The van der Waals surface area contributed by atoms with Gasteiger partial charge in [0.2, 0.25) is 11.6 Å². The van der Waals surface area contributed by atoms with E-state index in [1.807, 2.05) is 24.3 Å². The van der Waals surface area contributed by atoms with Crippen molar-refractivity contribution in [2.45, 2.75) is 149 Å². The van der Waals surface area contributed by atoms with E-state index in [1.54, 1.807) is 247 Å². The first-order chi connectivity index (χ1) is 56.1. The zero-order valence-corrected chi connectivity index (χ0v) is 70.2. The van der Waals surface area contributed by atoms with Gasteiger partial charge in [-0.1, -0.05) is 44.9 Å². The number of ketones is 7. The number of aliphatic imine (C=N–C) groups is 1. The van der Waals surface area contributed by atoms with Crippen LogP contribution >= 0.6 is 0 Å². The highest BCUT2D eigenvalue weighted by Gasteiger charge is 2.37. The number of amides is 3. The topological polar surface area (TPSA) is 314 Å². The number of Topliss-reactive ketones (excluding diaryl/α,β-unsaturated/α-hetero) is 7. The summed E-state index contributed by atoms with van der Waals surface area (Å²) >= 11 is 0. The third-order valence-corrected chi connectivity index (χ3v) is 21.1. The number of benzene rings is 2. The number of para-hydroxylation sites is 1. The molecule has 28 heteroatoms. The molecule has 1 atom stereocenters. The number of unbranched alkanes of at least 4 members (excludes halogenated alkanes) is 2. The molecule has 2 aliphatic heterocycles. The summed E-state index contributed by atoms with van der Waals surface area (Å²) in [6, 6.07) is 21.2. The van der Waals surface area contributed by atoms with Crippen LogP contribution in [0.5, 0.6) is 5.75 Å². The molecule has 0 spiro atoms. The average molecular weight is 1610 g/mol. The second-order valence-corrected chi connectivity index (χ2v) is 32.1. The Hall–Kier alpha value is -12.5. The normalized spacial score (nSPS) is 12.9. The molecule has 0 fully saturated rings. The van der Waals surface area contributed by atoms with Gasteiger partial charge in [-0.05, 0) is 128 Å². The third kappa shape index (κ3) is 20.7. The fourth-order valence-corrected chi connectivity index (χ4v) is 15.2. The number of carbonyl (C=O) groups excluding carboxylic acids is 11. The second-order valence-electron chi connectivity index (χ2n) is 32.1. The molecule has 0 bridgehead atoms. The highest BCUT2D eigenvalue weighted by molar-refractivity contribution is 6.15. The van der Waals surface area contributed by atoms with Crippen LogP contribution < -0.4 is 9.64 Å². The van der Waals surface area contributed by atoms with Crippen LogP contribution in [0.25, 0.3) is 0 Å². The molecule has 8 aromatic heterocycles. The predicted octanol–water partition coefficient (Wildman–Crippen LogP) is 10.8. The largest absolute Gasteiger partial charge is 0.493 e. The first-order valence-electron chi connectivity index (χ1n) is 39.8. The summed E-state index contributed by atoms with van der Waals surface area (Å²) < 4.78 is 24.9. The number of nitrogens with zero attached hydrogens (tertiary/aromatic N) is 14. The number of ether oxygens (including phenoxy) is 2. The van der Waals surface area contributed by atoms with Gasteiger partial charge in [-0.25, -0.2) is 9.97 Å². The zero-order valence-electron chi connectivity index (χ0n) is 70.2. The fourth-order valence-electron chi connectivity index (χ4n) is 15.2. The van der Waals surface area contributed by atoms with Crippen LogP contribution in [0, 0.1) is 0 Å². The van der Waals surface area contributed by atoms with Crippen LogP contribution in [0.4, 0.5) is 11.4 Å². The fraction of sp³-hybridized carbons (Fsp3) is 0.400. The Kier molecular flexibility index (Phi) is 27.2. The van der Waals surface area contributed by atoms with Crippen molar-refractivity contribution in [3.05, 3.63) is 230 Å². The maximum atomic E-state index is 13.7. The number of carbonyl (C=O) groups is 11. The van der Waals surface area contributed by atoms with E-state index in [9.17, 15) is 57.8 Å². The quantitative estimate of drug-likeness (QED) is 0.0217. The molecule has 28 nitrogen and oxygen atoms in total. The Bertz CT molecular complexity index is 5550. The molecule has 10 aromatic rings. The van der Waals surface area contributed by atoms with E-state index in [2.05, 4.69) is 28.8 Å². The maximum absolute atomic E-state index is 13.7. The predicted molar refractivity (Wildman–Crippen MR) is 445 cm³/mol. The minimum atomic E-state index is -0.597. The molecule has 0 radical (unpaired) electrons. The van der Waals surface area contributed by atoms with Crippen molar-refractivity contribution in [1.82, 2.24) is 56.3 Å². The molecule has 118 heavy (non-hydrogen) atoms. The molecule has 0 saturated carbocycles. The molecule has 12 rings (SSSR count). The number of hydrogen-bond acceptors (Lipinski definition) is 17. The molecule has 2 aromatic carbocycles. The minimum Gasteiger partial charge on any atom is -0.493 e. The molecule has 3 amide bonds. The van der Waals surface area contributed by atoms with Gasteiger partial charge in [0.1, 0.15) is 28.5 Å². The minimum absolute atomic E-state index is 0.000800. The molecule has 10 heterocycles. The van der Waals surface area contributed by atoms with Gasteiger partial charge in [0.25, 0.3) is 17.7 Å². The van der Waals surface area contributed by atoms with Gasteiger partial charge in [0.05, 0.1) is 83.9 Å². The van der Waals surface area contributed by atoms with E-state index in [0.29, 0.717) is 116 Å². The van der Waals surface area contributed by atoms with Gasteiger partial charge in [0, 0.05) is 202 Å². The third-order valence-electron chi connectivity index (χ3n) is 21.1. The Labute approximate surface area is 686 Å². The number of fused-ring (bicyclic) bond motifs is 4. The lowest BCUT2D eigenvalue weighted by atomic mass is 10.1. The van der Waals surface area contributed by atoms with E-state index < -0.39 is 5.60 Å². The maximum Gasteiger partial charge on any atom is 0.310 e. The summed E-state index contributed by atoms with van der Waals surface area (Å²) in [5.74, 6) is -1.16. The molecule has 1 N–H and O–H groups in total. The van der Waals surface area contributed by atoms with Crippen molar-refractivity contribution >= 4 is 81.8 Å². The van der Waals surface area contributed by atoms with Crippen LogP contribution in [0.15, 0.2) is 127 Å². The van der Waals surface area contributed by atoms with Crippen LogP contribution in [-0.4, -0.2) is 177 Å². The molecular weight excluding hydrogens is 1500 g/mol. The van der Waals surface area contributed by atoms with Gasteiger partial charge in [-0.15, -0.1) is 0 Å². The summed E-state index contributed by atoms with van der Waals surface area (Å²) in [6.07, 6.45) is 21.2. The number of aliphatic hydroxyl groups excluding tert-OH is 1. The van der Waals surface area contributed by atoms with Crippen LogP contribution in [0.2, 0.25) is 0 Å². The highest BCUT2D eigenvalue weighted by Crippen LogP contribution is 2.39. The lowest BCUT2D eigenvalue weighted by Gasteiger charge is -2.22. The van der Waals surface area contributed by atoms with E-state index in [1.165, 1.54) is 0 Å². The van der Waals surface area contributed by atoms with Gasteiger partial charge in [-0.3, -0.25) is 62.6 Å². The molecular formula is C90H106N14O14. The number of hydrogen-bond donors (Lipinski definition) is 1. The van der Waals surface area contributed by atoms with E-state index in [4.69, 9.17) is 9.47 Å². The first kappa shape index (κ1) is 86.4. The SMILES string of the molecule is CCCCN(C)C(=O)c1cc(CC(=O)c2cc(CC(=O)c3nc(CC(=O)c4cc(CC(=O)CCCOc5cc6c(cc5CO)C(=O)N5c7ccccc7CC5C=N6)cn4C)cn3C)cn2C)cn1C.CCCCN(C)C(=O)c1cc(CC(=O)c2cc(CC(=O)c3nc(CC(=O)c4cc(CC(=O)OC(C)(C)C)cn4C)cn3C)cn2C)cn1C. The standard InChI is InChI=1S/C53H58N8O8.C37H48N6O6/c1-7-8-15-56(2)53(68)46-20-35(30-59(46)5)21-47(64)44-19-34(29-58(44)4)22-49(66)51-55-38(31-60(51)6)25-48(65)45-18-33(28-57(45)3)17-40(63)13-11-16-69-50-26-42-41(24-37(50)32-62)52(67)61-39(27-54-42)23-36-12-9-10-14-43(36)61;1-10-11-12-39(5)36(48)30-15-25(21-42(30)8)16-31(44)28-13-24(20-40(28)6)17-33(46)35-38-27(23-43(35)9)19-32(45)29-14-26(22-41(29)7)18-34(47)49-37(2,3)4/h9-10,12,14,18-20,24,26-31,39,62H,7-8,11,13,15-17,21-23,25,32H2,1-6H3;13-15,20-23H,10-12,16-19H2,1-9H3. The van der Waals surface area contributed by atoms with Crippen molar-refractivity contribution < 1.29 is 67.3 Å². The lowest BCUT2D eigenvalue weighted by Crippen LogP contribution is -2.37. The Morgan fingerprint density at radius 3 is 1.34 bits per heavy atom. The van der Waals surface area contributed by atoms with Crippen molar-refractivity contribution in [2.24, 2.45) is 61.4 Å². The van der Waals surface area contributed by atoms with Gasteiger partial charge < -0.3 is 60.9 Å². The monoisotopic (exact) mass is 1610 g/mol. The van der Waals surface area contributed by atoms with Crippen LogP contribution in [-0.2, 0) is 135 Å². The van der Waals surface area contributed by atoms with Gasteiger partial charge in [-0.2, -0.15) is 0 Å². The Morgan fingerprint density at radius 2 is 0.898 bits per heavy atom. The zero-order chi connectivity index (χ0) is 85.3. The van der Waals surface area contributed by atoms with Crippen molar-refractivity contribution in [3.63, 3.8) is 0 Å². The van der Waals surface area contributed by atoms with E-state index >= 15 is 0 Å². The molecule has 1 unspecified atom stereocenters. The lowest BCUT2D eigenvalue weighted by molar-refractivity contribution is -0.154. The van der Waals surface area contributed by atoms with Gasteiger partial charge >= 0.3 is 5.97 Å². The molecule has 2 aliphatic rings. The molecule has 620 valence electrons. The number of imidazole rings is 2. The average Bonchev–Trinajstić information content (AvgIpc) is 1.59.